The molecule has 0 radical (unpaired) electrons. The molecular weight excluding hydrogens is 292 g/mol. The van der Waals surface area contributed by atoms with Gasteiger partial charge in [-0.2, -0.15) is 4.98 Å². The Morgan fingerprint density at radius 3 is 2.74 bits per heavy atom. The highest BCUT2D eigenvalue weighted by molar-refractivity contribution is 5.90. The monoisotopic (exact) mass is 316 g/mol. The molecule has 0 aromatic carbocycles. The van der Waals surface area contributed by atoms with Crippen molar-refractivity contribution < 1.29 is 4.79 Å². The number of aryl methyl sites for hydroxylation is 2. The van der Waals surface area contributed by atoms with E-state index in [0.717, 1.165) is 50.4 Å². The van der Waals surface area contributed by atoms with Crippen LogP contribution in [-0.4, -0.2) is 56.6 Å². The van der Waals surface area contributed by atoms with Crippen LogP contribution in [0.3, 0.4) is 0 Å². The van der Waals surface area contributed by atoms with Crippen LogP contribution in [0.2, 0.25) is 0 Å². The van der Waals surface area contributed by atoms with Gasteiger partial charge in [0.25, 0.3) is 11.7 Å². The predicted molar refractivity (Wildman–Crippen MR) is 87.4 cm³/mol. The average molecular weight is 316 g/mol. The lowest BCUT2D eigenvalue weighted by Gasteiger charge is -2.31. The first-order valence-electron chi connectivity index (χ1n) is 8.29. The van der Waals surface area contributed by atoms with Gasteiger partial charge in [0.2, 0.25) is 5.82 Å². The summed E-state index contributed by atoms with van der Waals surface area (Å²) in [7, 11) is 0. The Balaban J connectivity index is 1.70. The topological polar surface area (TPSA) is 75.4 Å². The maximum absolute atomic E-state index is 12.6. The maximum atomic E-state index is 12.6. The second kappa shape index (κ2) is 6.62. The minimum atomic E-state index is -0.0885. The van der Waals surface area contributed by atoms with Crippen LogP contribution in [0.15, 0.2) is 6.07 Å². The molecule has 2 aromatic heterocycles. The zero-order valence-corrected chi connectivity index (χ0v) is 14.0. The number of rotatable bonds is 4. The van der Waals surface area contributed by atoms with Crippen LogP contribution in [-0.2, 0) is 0 Å². The maximum Gasteiger partial charge on any atom is 0.293 e. The number of hydrogen-bond donors (Lipinski definition) is 1. The zero-order valence-electron chi connectivity index (χ0n) is 14.0. The number of carbonyl (C=O) groups is 1. The Hall–Kier alpha value is -2.02. The first-order chi connectivity index (χ1) is 11.1. The van der Waals surface area contributed by atoms with Crippen LogP contribution in [0.25, 0.3) is 5.78 Å². The van der Waals surface area contributed by atoms with E-state index in [-0.39, 0.29) is 11.7 Å². The molecule has 1 amide bonds. The van der Waals surface area contributed by atoms with E-state index < -0.39 is 0 Å². The lowest BCUT2D eigenvalue weighted by atomic mass is 9.97. The third-order valence-corrected chi connectivity index (χ3v) is 4.39. The number of nitrogens with zero attached hydrogens (tertiary/aromatic N) is 5. The van der Waals surface area contributed by atoms with Gasteiger partial charge in [0.05, 0.1) is 0 Å². The van der Waals surface area contributed by atoms with Crippen molar-refractivity contribution in [3.63, 3.8) is 0 Å². The van der Waals surface area contributed by atoms with Crippen LogP contribution in [0.1, 0.15) is 41.8 Å². The van der Waals surface area contributed by atoms with E-state index in [4.69, 9.17) is 0 Å². The van der Waals surface area contributed by atoms with Gasteiger partial charge in [0.15, 0.2) is 0 Å². The van der Waals surface area contributed by atoms with Gasteiger partial charge in [-0.05, 0) is 51.8 Å². The summed E-state index contributed by atoms with van der Waals surface area (Å²) in [4.78, 5) is 23.1. The number of likely N-dealkylation sites (tertiary alicyclic amines) is 1. The lowest BCUT2D eigenvalue weighted by molar-refractivity contribution is 0.0678. The standard InChI is InChI=1S/C16H24N6O/c1-4-17-10-13-5-7-21(8-6-13)15(23)14-19-16-18-11(2)9-12(3)22(16)20-14/h9,13,17H,4-8,10H2,1-3H3. The normalized spacial score (nSPS) is 16.2. The van der Waals surface area contributed by atoms with Crippen LogP contribution < -0.4 is 5.32 Å². The molecule has 124 valence electrons. The van der Waals surface area contributed by atoms with Crippen LogP contribution in [0.4, 0.5) is 0 Å². The van der Waals surface area contributed by atoms with Gasteiger partial charge in [0.1, 0.15) is 0 Å². The first-order valence-corrected chi connectivity index (χ1v) is 8.29. The Bertz CT molecular complexity index is 702. The highest BCUT2D eigenvalue weighted by atomic mass is 16.2. The van der Waals surface area contributed by atoms with E-state index in [1.807, 2.05) is 24.8 Å². The Morgan fingerprint density at radius 2 is 2.04 bits per heavy atom. The molecule has 2 aromatic rings. The number of amides is 1. The molecule has 0 saturated carbocycles. The molecule has 3 rings (SSSR count). The average Bonchev–Trinajstić information content (AvgIpc) is 2.97. The summed E-state index contributed by atoms with van der Waals surface area (Å²) in [6, 6.07) is 1.93. The first kappa shape index (κ1) is 15.9. The Morgan fingerprint density at radius 1 is 1.30 bits per heavy atom. The fourth-order valence-electron chi connectivity index (χ4n) is 3.09. The van der Waals surface area contributed by atoms with Crippen molar-refractivity contribution in [3.05, 3.63) is 23.3 Å². The summed E-state index contributed by atoms with van der Waals surface area (Å²) in [5.74, 6) is 1.30. The van der Waals surface area contributed by atoms with Gasteiger partial charge in [-0.3, -0.25) is 4.79 Å². The smallest absolute Gasteiger partial charge is 0.293 e. The number of piperidine rings is 1. The number of hydrogen-bond acceptors (Lipinski definition) is 5. The van der Waals surface area contributed by atoms with Gasteiger partial charge in [-0.25, -0.2) is 9.50 Å². The molecule has 7 nitrogen and oxygen atoms in total. The number of aromatic nitrogens is 4. The molecule has 0 aliphatic carbocycles. The van der Waals surface area contributed by atoms with E-state index in [9.17, 15) is 4.79 Å². The summed E-state index contributed by atoms with van der Waals surface area (Å²) < 4.78 is 1.64. The van der Waals surface area contributed by atoms with Crippen molar-refractivity contribution in [1.29, 1.82) is 0 Å². The predicted octanol–water partition coefficient (Wildman–Crippen LogP) is 1.20. The van der Waals surface area contributed by atoms with Gasteiger partial charge < -0.3 is 10.2 Å². The number of fused-ring (bicyclic) bond motifs is 1. The van der Waals surface area contributed by atoms with Gasteiger partial charge >= 0.3 is 0 Å². The van der Waals surface area contributed by atoms with E-state index in [1.54, 1.807) is 4.52 Å². The summed E-state index contributed by atoms with van der Waals surface area (Å²) in [6.45, 7) is 9.55. The summed E-state index contributed by atoms with van der Waals surface area (Å²) >= 11 is 0. The fraction of sp³-hybridized carbons (Fsp3) is 0.625. The Labute approximate surface area is 136 Å². The quantitative estimate of drug-likeness (QED) is 0.917. The van der Waals surface area contributed by atoms with Crippen LogP contribution in [0, 0.1) is 19.8 Å². The molecule has 23 heavy (non-hydrogen) atoms. The van der Waals surface area contributed by atoms with Crippen molar-refractivity contribution in [1.82, 2.24) is 29.8 Å². The van der Waals surface area contributed by atoms with Crippen molar-refractivity contribution in [3.8, 4) is 0 Å². The van der Waals surface area contributed by atoms with Crippen molar-refractivity contribution >= 4 is 11.7 Å². The SMILES string of the molecule is CCNCC1CCN(C(=O)c2nc3nc(C)cc(C)n3n2)CC1. The zero-order chi connectivity index (χ0) is 16.4. The van der Waals surface area contributed by atoms with Crippen LogP contribution in [0.5, 0.6) is 0 Å². The summed E-state index contributed by atoms with van der Waals surface area (Å²) in [6.07, 6.45) is 2.06. The molecule has 0 bridgehead atoms. The highest BCUT2D eigenvalue weighted by Crippen LogP contribution is 2.18. The summed E-state index contributed by atoms with van der Waals surface area (Å²) in [5, 5.41) is 7.72. The van der Waals surface area contributed by atoms with Crippen molar-refractivity contribution in [2.75, 3.05) is 26.2 Å². The molecule has 0 atom stereocenters. The largest absolute Gasteiger partial charge is 0.336 e. The number of carbonyl (C=O) groups excluding carboxylic acids is 1. The third-order valence-electron chi connectivity index (χ3n) is 4.39. The molecule has 3 heterocycles. The summed E-state index contributed by atoms with van der Waals surface area (Å²) in [5.41, 5.74) is 1.81. The van der Waals surface area contributed by atoms with Gasteiger partial charge in [0, 0.05) is 24.5 Å². The second-order valence-corrected chi connectivity index (χ2v) is 6.23. The molecule has 1 N–H and O–H groups in total. The molecule has 1 aliphatic rings. The molecule has 1 fully saturated rings. The molecule has 0 unspecified atom stereocenters. The van der Waals surface area contributed by atoms with E-state index >= 15 is 0 Å². The van der Waals surface area contributed by atoms with Crippen molar-refractivity contribution in [2.45, 2.75) is 33.6 Å². The molecule has 7 heteroatoms. The lowest BCUT2D eigenvalue weighted by Crippen LogP contribution is -2.41. The van der Waals surface area contributed by atoms with E-state index in [0.29, 0.717) is 11.7 Å². The minimum absolute atomic E-state index is 0.0885. The fourth-order valence-corrected chi connectivity index (χ4v) is 3.09. The highest BCUT2D eigenvalue weighted by Gasteiger charge is 2.26. The molecular formula is C16H24N6O. The van der Waals surface area contributed by atoms with E-state index in [2.05, 4.69) is 27.3 Å². The second-order valence-electron chi connectivity index (χ2n) is 6.23. The minimum Gasteiger partial charge on any atom is -0.336 e. The molecule has 1 aliphatic heterocycles. The van der Waals surface area contributed by atoms with Crippen LogP contribution >= 0.6 is 0 Å². The molecule has 1 saturated heterocycles. The van der Waals surface area contributed by atoms with Crippen molar-refractivity contribution in [2.24, 2.45) is 5.92 Å². The third kappa shape index (κ3) is 3.34. The Kier molecular flexibility index (Phi) is 4.56. The number of nitrogens with one attached hydrogen (secondary N) is 1. The van der Waals surface area contributed by atoms with E-state index in [1.165, 1.54) is 0 Å². The van der Waals surface area contributed by atoms with Gasteiger partial charge in [-0.15, -0.1) is 5.10 Å². The van der Waals surface area contributed by atoms with Gasteiger partial charge in [-0.1, -0.05) is 6.92 Å². The molecule has 0 spiro atoms.